The second-order valence-electron chi connectivity index (χ2n) is 18.2. The predicted octanol–water partition coefficient (Wildman–Crippen LogP) is 14.8. The van der Waals surface area contributed by atoms with Crippen LogP contribution < -0.4 is 14.5 Å². The predicted molar refractivity (Wildman–Crippen MR) is 254 cm³/mol. The number of nitrogens with zero attached hydrogens (tertiary/aromatic N) is 4. The van der Waals surface area contributed by atoms with Crippen LogP contribution in [0.25, 0.3) is 49.9 Å². The van der Waals surface area contributed by atoms with Gasteiger partial charge in [-0.05, 0) is 94.8 Å². The first kappa shape index (κ1) is 36.9. The second-order valence-corrected chi connectivity index (χ2v) is 18.2. The summed E-state index contributed by atoms with van der Waals surface area (Å²) >= 11 is 0. The van der Waals surface area contributed by atoms with Crippen molar-refractivity contribution in [3.63, 3.8) is 0 Å². The number of anilines is 4. The maximum Gasteiger partial charge on any atom is 0.137 e. The highest BCUT2D eigenvalue weighted by atomic mass is 16.5. The number of fused-ring (bicyclic) bond motifs is 7. The van der Waals surface area contributed by atoms with E-state index in [1.165, 1.54) is 61.3 Å². The van der Waals surface area contributed by atoms with Gasteiger partial charge in [-0.1, -0.05) is 137 Å². The number of hydrogen-bond donors (Lipinski definition) is 0. The average Bonchev–Trinajstić information content (AvgIpc) is 3.89. The lowest BCUT2D eigenvalue weighted by atomic mass is 9.82. The Morgan fingerprint density at radius 1 is 0.590 bits per heavy atom. The number of hydrogen-bond acceptors (Lipinski definition) is 4. The number of benzene rings is 7. The summed E-state index contributed by atoms with van der Waals surface area (Å²) < 4.78 is 9.06. The molecule has 298 valence electrons. The van der Waals surface area contributed by atoms with Gasteiger partial charge < -0.3 is 14.5 Å². The summed E-state index contributed by atoms with van der Waals surface area (Å²) in [7, 11) is 0. The quantitative estimate of drug-likeness (QED) is 0.168. The van der Waals surface area contributed by atoms with E-state index in [-0.39, 0.29) is 10.8 Å². The van der Waals surface area contributed by atoms with Gasteiger partial charge in [-0.15, -0.1) is 0 Å². The minimum absolute atomic E-state index is 0.00456. The Morgan fingerprint density at radius 2 is 1.33 bits per heavy atom. The average molecular weight is 793 g/mol. The van der Waals surface area contributed by atoms with Crippen LogP contribution in [-0.4, -0.2) is 16.2 Å². The van der Waals surface area contributed by atoms with E-state index in [0.717, 1.165) is 45.1 Å². The summed E-state index contributed by atoms with van der Waals surface area (Å²) in [6, 6.07) is 59.3. The monoisotopic (exact) mass is 792 g/mol. The van der Waals surface area contributed by atoms with E-state index in [4.69, 9.17) is 9.72 Å². The Hall–Kier alpha value is -7.11. The van der Waals surface area contributed by atoms with E-state index in [1.807, 2.05) is 6.20 Å². The van der Waals surface area contributed by atoms with Crippen LogP contribution in [0.1, 0.15) is 56.9 Å². The molecule has 0 bridgehead atoms. The first-order valence-corrected chi connectivity index (χ1v) is 21.3. The lowest BCUT2D eigenvalue weighted by molar-refractivity contribution is 0.483. The molecule has 0 fully saturated rings. The zero-order chi connectivity index (χ0) is 41.6. The third-order valence-electron chi connectivity index (χ3n) is 12.9. The van der Waals surface area contributed by atoms with Crippen molar-refractivity contribution in [1.29, 1.82) is 0 Å². The number of para-hydroxylation sites is 3. The van der Waals surface area contributed by atoms with Crippen molar-refractivity contribution >= 4 is 44.6 Å². The molecule has 0 amide bonds. The van der Waals surface area contributed by atoms with Gasteiger partial charge in [0.05, 0.1) is 28.1 Å². The first-order valence-electron chi connectivity index (χ1n) is 21.3. The zero-order valence-electron chi connectivity index (χ0n) is 35.6. The van der Waals surface area contributed by atoms with E-state index in [2.05, 4.69) is 220 Å². The Bertz CT molecular complexity index is 3200. The third-order valence-corrected chi connectivity index (χ3v) is 12.9. The fourth-order valence-electron chi connectivity index (χ4n) is 9.85. The highest BCUT2D eigenvalue weighted by molar-refractivity contribution is 6.09. The molecule has 5 nitrogen and oxygen atoms in total. The van der Waals surface area contributed by atoms with E-state index in [1.54, 1.807) is 0 Å². The molecular formula is C56H48N4O. The molecule has 0 saturated carbocycles. The molecule has 7 aromatic carbocycles. The fraction of sp³-hybridized carbons (Fsp3) is 0.161. The summed E-state index contributed by atoms with van der Waals surface area (Å²) in [5.74, 6) is 2.45. The molecule has 11 rings (SSSR count). The van der Waals surface area contributed by atoms with Crippen molar-refractivity contribution in [3.05, 3.63) is 192 Å². The van der Waals surface area contributed by atoms with Crippen LogP contribution in [0.3, 0.4) is 0 Å². The molecule has 0 saturated heterocycles. The summed E-state index contributed by atoms with van der Waals surface area (Å²) in [5.41, 5.74) is 17.0. The van der Waals surface area contributed by atoms with E-state index >= 15 is 0 Å². The van der Waals surface area contributed by atoms with E-state index in [0.29, 0.717) is 6.67 Å². The van der Waals surface area contributed by atoms with Crippen molar-refractivity contribution in [1.82, 2.24) is 9.55 Å². The molecule has 2 aliphatic rings. The van der Waals surface area contributed by atoms with Crippen molar-refractivity contribution < 1.29 is 4.74 Å². The zero-order valence-corrected chi connectivity index (χ0v) is 35.6. The lowest BCUT2D eigenvalue weighted by Gasteiger charge is -2.28. The Labute approximate surface area is 358 Å². The summed E-state index contributed by atoms with van der Waals surface area (Å²) in [6.45, 7) is 14.3. The van der Waals surface area contributed by atoms with Gasteiger partial charge in [0.2, 0.25) is 0 Å². The molecule has 0 radical (unpaired) electrons. The molecule has 1 aliphatic heterocycles. The largest absolute Gasteiger partial charge is 0.457 e. The number of ether oxygens (including phenoxy) is 1. The van der Waals surface area contributed by atoms with Crippen molar-refractivity contribution in [2.24, 2.45) is 0 Å². The lowest BCUT2D eigenvalue weighted by Crippen LogP contribution is -2.25. The Balaban J connectivity index is 0.998. The summed E-state index contributed by atoms with van der Waals surface area (Å²) in [4.78, 5) is 9.84. The van der Waals surface area contributed by atoms with Gasteiger partial charge in [0.25, 0.3) is 0 Å². The van der Waals surface area contributed by atoms with Gasteiger partial charge in [-0.3, -0.25) is 4.57 Å². The van der Waals surface area contributed by atoms with Crippen molar-refractivity contribution in [2.75, 3.05) is 16.5 Å². The normalized spacial score (nSPS) is 14.1. The first-order chi connectivity index (χ1) is 29.5. The topological polar surface area (TPSA) is 33.5 Å². The minimum atomic E-state index is -0.124. The van der Waals surface area contributed by atoms with Crippen LogP contribution in [0, 0.1) is 6.92 Å². The van der Waals surface area contributed by atoms with Crippen LogP contribution in [0.2, 0.25) is 0 Å². The maximum absolute atomic E-state index is 6.79. The van der Waals surface area contributed by atoms with Crippen LogP contribution in [0.15, 0.2) is 170 Å². The molecule has 9 aromatic rings. The molecule has 61 heavy (non-hydrogen) atoms. The number of aromatic nitrogens is 2. The smallest absolute Gasteiger partial charge is 0.137 e. The molecule has 0 unspecified atom stereocenters. The molecule has 2 aromatic heterocycles. The molecular weight excluding hydrogens is 745 g/mol. The summed E-state index contributed by atoms with van der Waals surface area (Å²) in [6.07, 6.45) is 1.92. The SMILES string of the molecule is Cc1cccc(-c2ccc3c(c2N2CN(c4cccc(Oc5ccc6c7ccccc7n(-c7cc(C(C)(C)C)ccn7)c6c5)c4)c4ccccc42)-c2ccccc2C3(C)C)c1. The second kappa shape index (κ2) is 13.7. The molecule has 0 atom stereocenters. The van der Waals surface area contributed by atoms with Gasteiger partial charge in [0, 0.05) is 51.3 Å². The molecule has 0 N–H and O–H groups in total. The Morgan fingerprint density at radius 3 is 2.16 bits per heavy atom. The third kappa shape index (κ3) is 5.94. The van der Waals surface area contributed by atoms with E-state index in [9.17, 15) is 0 Å². The Kier molecular flexibility index (Phi) is 8.30. The maximum atomic E-state index is 6.79. The molecule has 1 aliphatic carbocycles. The van der Waals surface area contributed by atoms with Crippen LogP contribution in [0.4, 0.5) is 22.7 Å². The van der Waals surface area contributed by atoms with Gasteiger partial charge in [-0.25, -0.2) is 4.98 Å². The van der Waals surface area contributed by atoms with Crippen LogP contribution in [-0.2, 0) is 10.8 Å². The highest BCUT2D eigenvalue weighted by Crippen LogP contribution is 2.57. The highest BCUT2D eigenvalue weighted by Gasteiger charge is 2.40. The van der Waals surface area contributed by atoms with Gasteiger partial charge in [0.15, 0.2) is 0 Å². The van der Waals surface area contributed by atoms with Gasteiger partial charge in [0.1, 0.15) is 24.0 Å². The van der Waals surface area contributed by atoms with Gasteiger partial charge in [-0.2, -0.15) is 0 Å². The minimum Gasteiger partial charge on any atom is -0.457 e. The molecule has 0 spiro atoms. The number of pyridine rings is 1. The molecule has 3 heterocycles. The standard InChI is InChI=1S/C56H48N4O/c1-36-15-13-16-37(31-36)42-27-28-47-53(45-20-7-9-21-46(45)56(47,5)6)54(42)59-35-58(49-23-11-12-24-50(49)59)39-17-14-18-40(33-39)61-41-25-26-44-43-19-8-10-22-48(43)60(51(44)34-41)52-32-38(29-30-57-52)55(2,3)4/h7-34H,35H2,1-6H3. The van der Waals surface area contributed by atoms with Gasteiger partial charge >= 0.3 is 0 Å². The fourth-order valence-corrected chi connectivity index (χ4v) is 9.85. The van der Waals surface area contributed by atoms with Crippen molar-refractivity contribution in [2.45, 2.75) is 52.4 Å². The van der Waals surface area contributed by atoms with E-state index < -0.39 is 0 Å². The van der Waals surface area contributed by atoms with Crippen molar-refractivity contribution in [3.8, 4) is 39.6 Å². The number of rotatable bonds is 6. The number of aryl methyl sites for hydroxylation is 1. The van der Waals surface area contributed by atoms with Crippen LogP contribution in [0.5, 0.6) is 11.5 Å². The molecule has 5 heteroatoms. The van der Waals surface area contributed by atoms with Crippen LogP contribution >= 0.6 is 0 Å². The summed E-state index contributed by atoms with van der Waals surface area (Å²) in [5, 5.41) is 2.35.